The van der Waals surface area contributed by atoms with E-state index in [9.17, 15) is 18.0 Å². The van der Waals surface area contributed by atoms with Crippen molar-refractivity contribution in [2.45, 2.75) is 78.3 Å². The third-order valence-electron chi connectivity index (χ3n) is 8.26. The molecule has 188 valence electrons. The highest BCUT2D eigenvalue weighted by atomic mass is 19.4. The number of nitrogens with two attached hydrogens (primary N) is 2. The molecule has 4 atom stereocenters. The Morgan fingerprint density at radius 2 is 1.59 bits per heavy atom. The number of para-hydroxylation sites is 1. The minimum absolute atomic E-state index is 0.0855. The molecule has 4 unspecified atom stereocenters. The Bertz CT molecular complexity index is 973. The number of halogens is 3. The van der Waals surface area contributed by atoms with Crippen LogP contribution >= 0.6 is 0 Å². The van der Waals surface area contributed by atoms with E-state index in [4.69, 9.17) is 11.5 Å². The van der Waals surface area contributed by atoms with Gasteiger partial charge < -0.3 is 11.5 Å². The van der Waals surface area contributed by atoms with Crippen LogP contribution in [0.25, 0.3) is 10.9 Å². The molecule has 1 amide bonds. The summed E-state index contributed by atoms with van der Waals surface area (Å²) in [6.07, 6.45) is 6.89. The molecule has 0 radical (unpaired) electrons. The number of carbonyl (C=O) groups is 1. The molecule has 6 rings (SSSR count). The van der Waals surface area contributed by atoms with Crippen LogP contribution in [-0.2, 0) is 11.0 Å². The molecule has 2 aromatic rings. The first-order valence-corrected chi connectivity index (χ1v) is 12.4. The monoisotopic (exact) mass is 477 g/mol. The summed E-state index contributed by atoms with van der Waals surface area (Å²) in [7, 11) is 0. The number of aromatic nitrogens is 1. The normalized spacial score (nSPS) is 27.4. The third kappa shape index (κ3) is 5.84. The number of pyridine rings is 1. The number of hydrogen-bond donors (Lipinski definition) is 2. The molecule has 1 aromatic heterocycles. The van der Waals surface area contributed by atoms with Crippen molar-refractivity contribution in [2.75, 3.05) is 5.73 Å². The summed E-state index contributed by atoms with van der Waals surface area (Å²) >= 11 is 0. The van der Waals surface area contributed by atoms with Gasteiger partial charge in [0, 0.05) is 17.0 Å². The maximum atomic E-state index is 12.4. The van der Waals surface area contributed by atoms with Crippen molar-refractivity contribution in [3.8, 4) is 0 Å². The van der Waals surface area contributed by atoms with Gasteiger partial charge in [0.15, 0.2) is 0 Å². The third-order valence-corrected chi connectivity index (χ3v) is 8.26. The molecule has 4 saturated carbocycles. The summed E-state index contributed by atoms with van der Waals surface area (Å²) in [6, 6.07) is 7.31. The van der Waals surface area contributed by atoms with Crippen LogP contribution in [-0.4, -0.2) is 10.9 Å². The Morgan fingerprint density at radius 3 is 2.06 bits per heavy atom. The number of anilines is 1. The first-order chi connectivity index (χ1) is 15.9. The first kappa shape index (κ1) is 26.3. The zero-order valence-electron chi connectivity index (χ0n) is 20.5. The second kappa shape index (κ2) is 10.5. The zero-order valence-corrected chi connectivity index (χ0v) is 20.5. The second-order valence-corrected chi connectivity index (χ2v) is 10.7. The molecule has 4 nitrogen and oxygen atoms in total. The lowest BCUT2D eigenvalue weighted by Gasteiger charge is -2.61. The fourth-order valence-electron chi connectivity index (χ4n) is 5.93. The molecule has 4 N–H and O–H groups in total. The zero-order chi connectivity index (χ0) is 25.1. The number of amides is 1. The molecule has 0 aliphatic heterocycles. The van der Waals surface area contributed by atoms with Gasteiger partial charge in [-0.1, -0.05) is 77.5 Å². The van der Waals surface area contributed by atoms with Gasteiger partial charge in [-0.05, 0) is 48.1 Å². The molecule has 0 spiro atoms. The topological polar surface area (TPSA) is 82.0 Å². The van der Waals surface area contributed by atoms with Crippen molar-refractivity contribution in [2.24, 2.45) is 34.8 Å². The molecule has 4 aliphatic carbocycles. The fraction of sp³-hybridized carbons (Fsp3) is 0.630. The van der Waals surface area contributed by atoms with Crippen LogP contribution < -0.4 is 11.5 Å². The van der Waals surface area contributed by atoms with E-state index in [1.807, 2.05) is 0 Å². The molecule has 1 heterocycles. The molecule has 1 aromatic carbocycles. The smallest absolute Gasteiger partial charge is 0.398 e. The van der Waals surface area contributed by atoms with Gasteiger partial charge in [0.1, 0.15) is 5.69 Å². The Morgan fingerprint density at radius 1 is 1.03 bits per heavy atom. The Hall–Kier alpha value is -2.31. The van der Waals surface area contributed by atoms with Gasteiger partial charge in [0.2, 0.25) is 5.91 Å². The quantitative estimate of drug-likeness (QED) is 0.465. The average Bonchev–Trinajstić information content (AvgIpc) is 2.80. The number of alkyl halides is 3. The van der Waals surface area contributed by atoms with Gasteiger partial charge in [-0.3, -0.25) is 4.79 Å². The number of hydrogen-bond acceptors (Lipinski definition) is 3. The maximum absolute atomic E-state index is 12.4. The van der Waals surface area contributed by atoms with E-state index in [0.717, 1.165) is 24.3 Å². The fourth-order valence-corrected chi connectivity index (χ4v) is 5.93. The largest absolute Gasteiger partial charge is 0.433 e. The van der Waals surface area contributed by atoms with E-state index in [1.54, 1.807) is 18.2 Å². The minimum atomic E-state index is -4.46. The predicted molar refractivity (Wildman–Crippen MR) is 131 cm³/mol. The van der Waals surface area contributed by atoms with Crippen molar-refractivity contribution >= 4 is 22.5 Å². The predicted octanol–water partition coefficient (Wildman–Crippen LogP) is 6.97. The SMILES string of the molecule is C1CCCCC1.CC1C(C(N)=O)CC2CC1C2(C)C.Nc1cc(C(F)(F)F)nc2ccccc12. The highest BCUT2D eigenvalue weighted by molar-refractivity contribution is 5.90. The van der Waals surface area contributed by atoms with Crippen LogP contribution in [0, 0.1) is 29.1 Å². The molecule has 2 bridgehead atoms. The van der Waals surface area contributed by atoms with E-state index in [1.165, 1.54) is 51.0 Å². The van der Waals surface area contributed by atoms with Crippen molar-refractivity contribution in [1.82, 2.24) is 4.98 Å². The van der Waals surface area contributed by atoms with Crippen molar-refractivity contribution in [3.63, 3.8) is 0 Å². The summed E-state index contributed by atoms with van der Waals surface area (Å²) in [6.45, 7) is 6.86. The number of benzene rings is 1. The number of carbonyl (C=O) groups excluding carboxylic acids is 1. The Labute approximate surface area is 200 Å². The lowest BCUT2D eigenvalue weighted by Crippen LogP contribution is -2.57. The molecule has 4 aliphatic rings. The number of rotatable bonds is 1. The van der Waals surface area contributed by atoms with Gasteiger partial charge in [0.25, 0.3) is 0 Å². The van der Waals surface area contributed by atoms with Crippen molar-refractivity contribution in [3.05, 3.63) is 36.0 Å². The Kier molecular flexibility index (Phi) is 8.14. The number of fused-ring (bicyclic) bond motifs is 3. The van der Waals surface area contributed by atoms with Crippen LogP contribution in [0.3, 0.4) is 0 Å². The second-order valence-electron chi connectivity index (χ2n) is 10.7. The van der Waals surface area contributed by atoms with Gasteiger partial charge in [-0.15, -0.1) is 0 Å². The first-order valence-electron chi connectivity index (χ1n) is 12.4. The number of primary amides is 1. The Balaban J connectivity index is 0.000000155. The molecule has 7 heteroatoms. The summed E-state index contributed by atoms with van der Waals surface area (Å²) in [4.78, 5) is 14.7. The standard InChI is InChI=1S/C11H19NO.C10H7F3N2.C6H12/c1-6-8(10(12)13)4-7-5-9(6)11(7,2)3;11-10(12,13)9-5-7(14)6-3-1-2-4-8(6)15-9;1-2-4-6-5-3-1/h6-9H,4-5H2,1-3H3,(H2,12,13);1-5H,(H2,14,15);1-6H2. The van der Waals surface area contributed by atoms with Crippen molar-refractivity contribution in [1.29, 1.82) is 0 Å². The summed E-state index contributed by atoms with van der Waals surface area (Å²) < 4.78 is 37.1. The number of nitrogens with zero attached hydrogens (tertiary/aromatic N) is 1. The lowest BCUT2D eigenvalue weighted by molar-refractivity contribution is -0.151. The van der Waals surface area contributed by atoms with Crippen LogP contribution in [0.4, 0.5) is 18.9 Å². The van der Waals surface area contributed by atoms with E-state index < -0.39 is 11.9 Å². The van der Waals surface area contributed by atoms with Crippen LogP contribution in [0.15, 0.2) is 30.3 Å². The maximum Gasteiger partial charge on any atom is 0.433 e. The summed E-state index contributed by atoms with van der Waals surface area (Å²) in [5.74, 6) is 2.03. The van der Waals surface area contributed by atoms with Gasteiger partial charge in [-0.2, -0.15) is 13.2 Å². The lowest BCUT2D eigenvalue weighted by atomic mass is 9.43. The van der Waals surface area contributed by atoms with Gasteiger partial charge in [0.05, 0.1) is 5.52 Å². The van der Waals surface area contributed by atoms with Gasteiger partial charge >= 0.3 is 6.18 Å². The highest BCUT2D eigenvalue weighted by Gasteiger charge is 2.57. The molecule has 4 fully saturated rings. The highest BCUT2D eigenvalue weighted by Crippen LogP contribution is 2.62. The molecule has 0 saturated heterocycles. The van der Waals surface area contributed by atoms with E-state index >= 15 is 0 Å². The van der Waals surface area contributed by atoms with E-state index in [0.29, 0.717) is 16.7 Å². The van der Waals surface area contributed by atoms with Crippen LogP contribution in [0.2, 0.25) is 0 Å². The summed E-state index contributed by atoms with van der Waals surface area (Å²) in [5.41, 5.74) is 10.8. The van der Waals surface area contributed by atoms with E-state index in [-0.39, 0.29) is 23.0 Å². The molecule has 34 heavy (non-hydrogen) atoms. The van der Waals surface area contributed by atoms with E-state index in [2.05, 4.69) is 25.8 Å². The average molecular weight is 478 g/mol. The van der Waals surface area contributed by atoms with Crippen LogP contribution in [0.5, 0.6) is 0 Å². The van der Waals surface area contributed by atoms with Crippen molar-refractivity contribution < 1.29 is 18.0 Å². The molecular formula is C27H38F3N3O. The minimum Gasteiger partial charge on any atom is -0.398 e. The summed E-state index contributed by atoms with van der Waals surface area (Å²) in [5, 5.41) is 0.533. The van der Waals surface area contributed by atoms with Crippen LogP contribution in [0.1, 0.15) is 77.8 Å². The number of nitrogen functional groups attached to an aromatic ring is 1. The van der Waals surface area contributed by atoms with Gasteiger partial charge in [-0.25, -0.2) is 4.98 Å². The molecular weight excluding hydrogens is 439 g/mol.